The molecule has 0 radical (unpaired) electrons. The van der Waals surface area contributed by atoms with Gasteiger partial charge in [0.05, 0.1) is 11.7 Å². The van der Waals surface area contributed by atoms with Crippen molar-refractivity contribution in [3.63, 3.8) is 0 Å². The molecule has 0 bridgehead atoms. The van der Waals surface area contributed by atoms with Crippen LogP contribution < -0.4 is 4.72 Å². The van der Waals surface area contributed by atoms with Crippen LogP contribution in [0, 0.1) is 5.82 Å². The van der Waals surface area contributed by atoms with E-state index in [4.69, 9.17) is 10.2 Å². The fourth-order valence-electron chi connectivity index (χ4n) is 1.81. The predicted molar refractivity (Wildman–Crippen MR) is 62.7 cm³/mol. The second-order valence-corrected chi connectivity index (χ2v) is 6.08. The number of halogens is 1. The number of carboxylic acid groups (broad SMARTS) is 1. The molecule has 2 rings (SSSR count). The summed E-state index contributed by atoms with van der Waals surface area (Å²) in [4.78, 5) is 10.1. The Morgan fingerprint density at radius 3 is 2.53 bits per heavy atom. The number of aromatic carboxylic acids is 1. The number of nitrogens with one attached hydrogen (secondary N) is 1. The minimum Gasteiger partial charge on any atom is -0.478 e. The van der Waals surface area contributed by atoms with E-state index >= 15 is 0 Å². The topological polar surface area (TPSA) is 104 Å². The van der Waals surface area contributed by atoms with Crippen LogP contribution in [0.15, 0.2) is 23.1 Å². The smallest absolute Gasteiger partial charge is 0.335 e. The van der Waals surface area contributed by atoms with Gasteiger partial charge in [0.25, 0.3) is 0 Å². The first-order valence-corrected chi connectivity index (χ1v) is 7.01. The van der Waals surface area contributed by atoms with Gasteiger partial charge in [-0.3, -0.25) is 0 Å². The third-order valence-electron chi connectivity index (χ3n) is 2.90. The van der Waals surface area contributed by atoms with Crippen molar-refractivity contribution in [2.75, 3.05) is 0 Å². The van der Waals surface area contributed by atoms with E-state index in [2.05, 4.69) is 4.72 Å². The van der Waals surface area contributed by atoms with Crippen LogP contribution in [0.2, 0.25) is 0 Å². The third-order valence-corrected chi connectivity index (χ3v) is 4.44. The van der Waals surface area contributed by atoms with Crippen LogP contribution in [0.4, 0.5) is 4.39 Å². The van der Waals surface area contributed by atoms with Crippen molar-refractivity contribution in [2.45, 2.75) is 29.9 Å². The summed E-state index contributed by atoms with van der Waals surface area (Å²) in [5.41, 5.74) is -0.310. The van der Waals surface area contributed by atoms with Crippen molar-refractivity contribution in [1.82, 2.24) is 4.72 Å². The number of aliphatic hydroxyl groups is 1. The Morgan fingerprint density at radius 1 is 1.37 bits per heavy atom. The van der Waals surface area contributed by atoms with Crippen LogP contribution in [-0.2, 0) is 10.0 Å². The zero-order valence-electron chi connectivity index (χ0n) is 9.71. The summed E-state index contributed by atoms with van der Waals surface area (Å²) in [5, 5.41) is 17.8. The van der Waals surface area contributed by atoms with Gasteiger partial charge >= 0.3 is 5.97 Å². The third kappa shape index (κ3) is 2.91. The zero-order valence-corrected chi connectivity index (χ0v) is 10.5. The SMILES string of the molecule is O=C(O)c1ccc(F)c(S(=O)(=O)NC2CC(O)C2)c1. The van der Waals surface area contributed by atoms with Crippen molar-refractivity contribution in [1.29, 1.82) is 0 Å². The number of sulfonamides is 1. The normalized spacial score (nSPS) is 22.8. The number of hydrogen-bond donors (Lipinski definition) is 3. The molecule has 0 heterocycles. The minimum atomic E-state index is -4.13. The summed E-state index contributed by atoms with van der Waals surface area (Å²) < 4.78 is 39.6. The maximum Gasteiger partial charge on any atom is 0.335 e. The lowest BCUT2D eigenvalue weighted by molar-refractivity contribution is 0.0695. The monoisotopic (exact) mass is 289 g/mol. The van der Waals surface area contributed by atoms with Gasteiger partial charge in [-0.1, -0.05) is 0 Å². The summed E-state index contributed by atoms with van der Waals surface area (Å²) >= 11 is 0. The number of carbonyl (C=O) groups is 1. The highest BCUT2D eigenvalue weighted by atomic mass is 32.2. The number of rotatable bonds is 4. The van der Waals surface area contributed by atoms with Crippen LogP contribution in [-0.4, -0.2) is 36.7 Å². The molecule has 19 heavy (non-hydrogen) atoms. The van der Waals surface area contributed by atoms with Gasteiger partial charge in [0.1, 0.15) is 10.7 Å². The van der Waals surface area contributed by atoms with Crippen LogP contribution in [0.3, 0.4) is 0 Å². The maximum absolute atomic E-state index is 13.5. The average Bonchev–Trinajstić information content (AvgIpc) is 2.26. The van der Waals surface area contributed by atoms with Gasteiger partial charge in [0, 0.05) is 6.04 Å². The molecular weight excluding hydrogens is 277 g/mol. The van der Waals surface area contributed by atoms with Crippen molar-refractivity contribution in [3.05, 3.63) is 29.6 Å². The fraction of sp³-hybridized carbons (Fsp3) is 0.364. The number of carboxylic acids is 1. The van der Waals surface area contributed by atoms with Crippen molar-refractivity contribution in [2.24, 2.45) is 0 Å². The summed E-state index contributed by atoms with van der Waals surface area (Å²) in [6.45, 7) is 0. The molecule has 0 saturated heterocycles. The summed E-state index contributed by atoms with van der Waals surface area (Å²) in [5.74, 6) is -2.35. The van der Waals surface area contributed by atoms with E-state index in [1.165, 1.54) is 0 Å². The Labute approximate surface area is 108 Å². The molecule has 104 valence electrons. The summed E-state index contributed by atoms with van der Waals surface area (Å²) in [6, 6.07) is 2.11. The van der Waals surface area contributed by atoms with E-state index in [1.807, 2.05) is 0 Å². The first kappa shape index (κ1) is 13.9. The van der Waals surface area contributed by atoms with Gasteiger partial charge in [-0.15, -0.1) is 0 Å². The van der Waals surface area contributed by atoms with E-state index in [1.54, 1.807) is 0 Å². The maximum atomic E-state index is 13.5. The van der Waals surface area contributed by atoms with E-state index in [0.29, 0.717) is 0 Å². The molecule has 6 nitrogen and oxygen atoms in total. The molecule has 8 heteroatoms. The van der Waals surface area contributed by atoms with Gasteiger partial charge in [0.2, 0.25) is 10.0 Å². The molecule has 0 unspecified atom stereocenters. The zero-order chi connectivity index (χ0) is 14.2. The summed E-state index contributed by atoms with van der Waals surface area (Å²) in [6.07, 6.45) is -0.0261. The quantitative estimate of drug-likeness (QED) is 0.741. The molecule has 3 N–H and O–H groups in total. The average molecular weight is 289 g/mol. The number of aliphatic hydroxyl groups excluding tert-OH is 1. The Kier molecular flexibility index (Phi) is 3.57. The highest BCUT2D eigenvalue weighted by molar-refractivity contribution is 7.89. The second-order valence-electron chi connectivity index (χ2n) is 4.39. The Morgan fingerprint density at radius 2 is 2.00 bits per heavy atom. The van der Waals surface area contributed by atoms with Gasteiger partial charge in [-0.2, -0.15) is 0 Å². The molecule has 1 aromatic rings. The van der Waals surface area contributed by atoms with E-state index in [-0.39, 0.29) is 18.4 Å². The molecule has 1 aliphatic rings. The largest absolute Gasteiger partial charge is 0.478 e. The molecule has 0 spiro atoms. The van der Waals surface area contributed by atoms with Gasteiger partial charge < -0.3 is 10.2 Å². The number of hydrogen-bond acceptors (Lipinski definition) is 4. The molecule has 0 amide bonds. The van der Waals surface area contributed by atoms with E-state index in [0.717, 1.165) is 18.2 Å². The standard InChI is InChI=1S/C11H12FNO5S/c12-9-2-1-6(11(15)16)3-10(9)19(17,18)13-7-4-8(14)5-7/h1-3,7-8,13-14H,4-5H2,(H,15,16). The molecule has 1 saturated carbocycles. The highest BCUT2D eigenvalue weighted by Crippen LogP contribution is 2.23. The Hall–Kier alpha value is -1.51. The van der Waals surface area contributed by atoms with Crippen LogP contribution >= 0.6 is 0 Å². The lowest BCUT2D eigenvalue weighted by atomic mass is 9.91. The molecule has 0 aromatic heterocycles. The first-order chi connectivity index (χ1) is 8.79. The molecule has 0 atom stereocenters. The summed E-state index contributed by atoms with van der Waals surface area (Å²) in [7, 11) is -4.13. The molecule has 1 aromatic carbocycles. The first-order valence-electron chi connectivity index (χ1n) is 5.53. The highest BCUT2D eigenvalue weighted by Gasteiger charge is 2.32. The predicted octanol–water partition coefficient (Wildman–Crippen LogP) is 0.326. The molecular formula is C11H12FNO5S. The Bertz CT molecular complexity index is 610. The van der Waals surface area contributed by atoms with Gasteiger partial charge in [-0.05, 0) is 31.0 Å². The van der Waals surface area contributed by atoms with Gasteiger partial charge in [-0.25, -0.2) is 22.3 Å². The van der Waals surface area contributed by atoms with Crippen molar-refractivity contribution >= 4 is 16.0 Å². The van der Waals surface area contributed by atoms with Crippen LogP contribution in [0.1, 0.15) is 23.2 Å². The van der Waals surface area contributed by atoms with E-state index < -0.39 is 38.9 Å². The van der Waals surface area contributed by atoms with Crippen molar-refractivity contribution < 1.29 is 27.8 Å². The van der Waals surface area contributed by atoms with Crippen LogP contribution in [0.5, 0.6) is 0 Å². The minimum absolute atomic E-state index is 0.263. The van der Waals surface area contributed by atoms with Crippen molar-refractivity contribution in [3.8, 4) is 0 Å². The second kappa shape index (κ2) is 4.87. The fourth-order valence-corrected chi connectivity index (χ4v) is 3.17. The molecule has 0 aliphatic heterocycles. The molecule has 1 fully saturated rings. The molecule has 1 aliphatic carbocycles. The van der Waals surface area contributed by atoms with Gasteiger partial charge in [0.15, 0.2) is 0 Å². The Balaban J connectivity index is 2.29. The lowest BCUT2D eigenvalue weighted by Crippen LogP contribution is -2.46. The van der Waals surface area contributed by atoms with E-state index in [9.17, 15) is 17.6 Å². The lowest BCUT2D eigenvalue weighted by Gasteiger charge is -2.31. The number of benzene rings is 1. The van der Waals surface area contributed by atoms with Crippen LogP contribution in [0.25, 0.3) is 0 Å².